The Hall–Kier alpha value is -0.520. The molecule has 0 bridgehead atoms. The van der Waals surface area contributed by atoms with Crippen LogP contribution in [0.15, 0.2) is 23.8 Å². The van der Waals surface area contributed by atoms with E-state index in [1.807, 2.05) is 0 Å². The minimum absolute atomic E-state index is 1.28. The molecule has 0 aliphatic heterocycles. The van der Waals surface area contributed by atoms with Crippen molar-refractivity contribution in [1.82, 2.24) is 0 Å². The van der Waals surface area contributed by atoms with E-state index in [4.69, 9.17) is 0 Å². The van der Waals surface area contributed by atoms with Crippen LogP contribution < -0.4 is 0 Å². The second-order valence-electron chi connectivity index (χ2n) is 2.20. The third kappa shape index (κ3) is 1.22. The molecule has 0 aromatic carbocycles. The van der Waals surface area contributed by atoms with Gasteiger partial charge in [-0.15, -0.1) is 0 Å². The molecule has 0 saturated carbocycles. The first-order valence-electron chi connectivity index (χ1n) is 3.30. The zero-order chi connectivity index (χ0) is 5.82. The Balaban J connectivity index is 2.03. The van der Waals surface area contributed by atoms with E-state index in [0.717, 1.165) is 0 Å². The molecule has 8 heavy (non-hydrogen) atoms. The topological polar surface area (TPSA) is 0 Å². The number of allylic oxidation sites excluding steroid dienone is 4. The van der Waals surface area contributed by atoms with Gasteiger partial charge in [-0.05, 0) is 18.4 Å². The summed E-state index contributed by atoms with van der Waals surface area (Å²) >= 11 is 0. The van der Waals surface area contributed by atoms with E-state index in [1.54, 1.807) is 0 Å². The molecule has 0 nitrogen and oxygen atoms in total. The molecule has 0 spiro atoms. The van der Waals surface area contributed by atoms with Crippen molar-refractivity contribution in [2.75, 3.05) is 0 Å². The molecule has 0 atom stereocenters. The standard InChI is InChI=1S/C8H12/c1-2-3-5-8-6-4-7-8/h4,6-7H,2-3,5H2,1H3. The van der Waals surface area contributed by atoms with Crippen LogP contribution in [-0.2, 0) is 0 Å². The second kappa shape index (κ2) is 2.71. The third-order valence-corrected chi connectivity index (χ3v) is 1.44. The molecule has 1 aliphatic rings. The van der Waals surface area contributed by atoms with Gasteiger partial charge in [-0.25, -0.2) is 0 Å². The average molecular weight is 108 g/mol. The van der Waals surface area contributed by atoms with Crippen molar-refractivity contribution in [3.63, 3.8) is 0 Å². The maximum Gasteiger partial charge on any atom is -0.0279 e. The Morgan fingerprint density at radius 3 is 2.62 bits per heavy atom. The molecule has 0 heterocycles. The fourth-order valence-electron chi connectivity index (χ4n) is 0.780. The van der Waals surface area contributed by atoms with Gasteiger partial charge < -0.3 is 0 Å². The Labute approximate surface area is 50.9 Å². The minimum atomic E-state index is 1.28. The summed E-state index contributed by atoms with van der Waals surface area (Å²) < 4.78 is 0. The van der Waals surface area contributed by atoms with Gasteiger partial charge in [-0.3, -0.25) is 0 Å². The van der Waals surface area contributed by atoms with E-state index in [1.165, 1.54) is 24.8 Å². The van der Waals surface area contributed by atoms with Crippen LogP contribution in [0.3, 0.4) is 0 Å². The predicted octanol–water partition coefficient (Wildman–Crippen LogP) is 2.67. The Kier molecular flexibility index (Phi) is 1.90. The summed E-state index contributed by atoms with van der Waals surface area (Å²) in [5.74, 6) is 0. The van der Waals surface area contributed by atoms with E-state index >= 15 is 0 Å². The Bertz CT molecular complexity index is 118. The first-order chi connectivity index (χ1) is 3.93. The molecule has 0 fully saturated rings. The number of rotatable bonds is 3. The van der Waals surface area contributed by atoms with Gasteiger partial charge in [-0.1, -0.05) is 31.6 Å². The summed E-state index contributed by atoms with van der Waals surface area (Å²) in [5, 5.41) is 0. The zero-order valence-electron chi connectivity index (χ0n) is 5.35. The van der Waals surface area contributed by atoms with Crippen LogP contribution in [0.4, 0.5) is 0 Å². The Morgan fingerprint density at radius 2 is 2.25 bits per heavy atom. The smallest absolute Gasteiger partial charge is 0.0279 e. The maximum absolute atomic E-state index is 2.23. The summed E-state index contributed by atoms with van der Waals surface area (Å²) in [6, 6.07) is 0. The van der Waals surface area contributed by atoms with Crippen LogP contribution >= 0.6 is 0 Å². The van der Waals surface area contributed by atoms with Crippen molar-refractivity contribution in [1.29, 1.82) is 0 Å². The van der Waals surface area contributed by atoms with Crippen molar-refractivity contribution < 1.29 is 0 Å². The van der Waals surface area contributed by atoms with Crippen LogP contribution in [0.25, 0.3) is 0 Å². The van der Waals surface area contributed by atoms with Crippen molar-refractivity contribution in [3.05, 3.63) is 23.8 Å². The van der Waals surface area contributed by atoms with Crippen LogP contribution in [0.2, 0.25) is 0 Å². The average Bonchev–Trinajstić information content (AvgIpc) is 1.63. The van der Waals surface area contributed by atoms with Crippen molar-refractivity contribution >= 4 is 0 Å². The van der Waals surface area contributed by atoms with E-state index < -0.39 is 0 Å². The highest BCUT2D eigenvalue weighted by Gasteiger charge is 1.94. The van der Waals surface area contributed by atoms with Gasteiger partial charge in [-0.2, -0.15) is 0 Å². The van der Waals surface area contributed by atoms with E-state index in [2.05, 4.69) is 25.2 Å². The van der Waals surface area contributed by atoms with Gasteiger partial charge in [0.2, 0.25) is 0 Å². The SMILES string of the molecule is CCCCC1=CC=C1. The largest absolute Gasteiger partial charge is 0.0654 e. The molecule has 0 heteroatoms. The van der Waals surface area contributed by atoms with Crippen LogP contribution in [0, 0.1) is 0 Å². The van der Waals surface area contributed by atoms with Gasteiger partial charge in [0.05, 0.1) is 0 Å². The maximum atomic E-state index is 2.23. The minimum Gasteiger partial charge on any atom is -0.0654 e. The molecule has 1 rings (SSSR count). The molecule has 1 aliphatic carbocycles. The third-order valence-electron chi connectivity index (χ3n) is 1.44. The highest BCUT2D eigenvalue weighted by Crippen LogP contribution is 2.14. The molecule has 0 amide bonds. The van der Waals surface area contributed by atoms with Crippen LogP contribution in [0.5, 0.6) is 0 Å². The Morgan fingerprint density at radius 1 is 1.50 bits per heavy atom. The molecule has 0 unspecified atom stereocenters. The van der Waals surface area contributed by atoms with Gasteiger partial charge in [0.1, 0.15) is 0 Å². The van der Waals surface area contributed by atoms with Gasteiger partial charge in [0.25, 0.3) is 0 Å². The van der Waals surface area contributed by atoms with Gasteiger partial charge in [0, 0.05) is 0 Å². The summed E-state index contributed by atoms with van der Waals surface area (Å²) in [5.41, 5.74) is 1.52. The lowest BCUT2D eigenvalue weighted by Gasteiger charge is -2.03. The van der Waals surface area contributed by atoms with Gasteiger partial charge >= 0.3 is 0 Å². The molecular weight excluding hydrogens is 96.1 g/mol. The normalized spacial score (nSPS) is 15.4. The summed E-state index contributed by atoms with van der Waals surface area (Å²) in [6.07, 6.45) is 10.4. The highest BCUT2D eigenvalue weighted by atomic mass is 14.0. The monoisotopic (exact) mass is 108 g/mol. The van der Waals surface area contributed by atoms with E-state index in [0.29, 0.717) is 0 Å². The van der Waals surface area contributed by atoms with Gasteiger partial charge in [0.15, 0.2) is 0 Å². The van der Waals surface area contributed by atoms with E-state index in [-0.39, 0.29) is 0 Å². The molecular formula is C8H12. The van der Waals surface area contributed by atoms with Crippen LogP contribution in [-0.4, -0.2) is 0 Å². The molecule has 0 radical (unpaired) electrons. The predicted molar refractivity (Wildman–Crippen MR) is 36.7 cm³/mol. The summed E-state index contributed by atoms with van der Waals surface area (Å²) in [6.45, 7) is 2.23. The fraction of sp³-hybridized carbons (Fsp3) is 0.500. The number of hydrogen-bond donors (Lipinski definition) is 0. The first kappa shape index (κ1) is 5.61. The second-order valence-corrected chi connectivity index (χ2v) is 2.20. The fourth-order valence-corrected chi connectivity index (χ4v) is 0.780. The molecule has 0 aromatic rings. The molecule has 0 aromatic heterocycles. The summed E-state index contributed by atoms with van der Waals surface area (Å²) in [7, 11) is 0. The zero-order valence-corrected chi connectivity index (χ0v) is 5.35. The number of unbranched alkanes of at least 4 members (excludes halogenated alkanes) is 1. The van der Waals surface area contributed by atoms with Crippen molar-refractivity contribution in [3.8, 4) is 0 Å². The highest BCUT2D eigenvalue weighted by molar-refractivity contribution is 5.34. The molecule has 44 valence electrons. The lowest BCUT2D eigenvalue weighted by Crippen LogP contribution is -1.83. The van der Waals surface area contributed by atoms with E-state index in [9.17, 15) is 0 Å². The first-order valence-corrected chi connectivity index (χ1v) is 3.30. The summed E-state index contributed by atoms with van der Waals surface area (Å²) in [4.78, 5) is 0. The lowest BCUT2D eigenvalue weighted by atomic mass is 10.0. The lowest BCUT2D eigenvalue weighted by molar-refractivity contribution is 0.795. The van der Waals surface area contributed by atoms with Crippen molar-refractivity contribution in [2.24, 2.45) is 0 Å². The van der Waals surface area contributed by atoms with Crippen LogP contribution in [0.1, 0.15) is 26.2 Å². The number of hydrogen-bond acceptors (Lipinski definition) is 0. The van der Waals surface area contributed by atoms with Crippen molar-refractivity contribution in [2.45, 2.75) is 26.2 Å². The quantitative estimate of drug-likeness (QED) is 0.521. The molecule has 0 N–H and O–H groups in total. The molecule has 0 saturated heterocycles.